The summed E-state index contributed by atoms with van der Waals surface area (Å²) >= 11 is 1.54. The molecule has 5 heteroatoms. The Morgan fingerprint density at radius 2 is 1.83 bits per heavy atom. The summed E-state index contributed by atoms with van der Waals surface area (Å²) in [6, 6.07) is 16.7. The van der Waals surface area contributed by atoms with Crippen LogP contribution in [-0.2, 0) is 0 Å². The molecule has 1 aromatic heterocycles. The molecule has 0 aliphatic rings. The monoisotopic (exact) mass is 341 g/mol. The second-order valence-electron chi connectivity index (χ2n) is 5.17. The van der Waals surface area contributed by atoms with Crippen LogP contribution >= 0.6 is 11.3 Å². The molecule has 1 atom stereocenters. The van der Waals surface area contributed by atoms with E-state index in [-0.39, 0.29) is 17.8 Å². The number of benzene rings is 2. The summed E-state index contributed by atoms with van der Waals surface area (Å²) in [4.78, 5) is 13.7. The van der Waals surface area contributed by atoms with E-state index in [2.05, 4.69) is 5.32 Å². The third-order valence-corrected chi connectivity index (χ3v) is 4.60. The van der Waals surface area contributed by atoms with Gasteiger partial charge in [0.2, 0.25) is 0 Å². The fourth-order valence-electron chi connectivity index (χ4n) is 2.47. The van der Waals surface area contributed by atoms with Crippen LogP contribution in [0.2, 0.25) is 0 Å². The van der Waals surface area contributed by atoms with E-state index >= 15 is 0 Å². The Balaban J connectivity index is 1.92. The van der Waals surface area contributed by atoms with Gasteiger partial charge in [0.1, 0.15) is 11.6 Å². The molecule has 0 saturated carbocycles. The number of halogens is 1. The average molecular weight is 341 g/mol. The summed E-state index contributed by atoms with van der Waals surface area (Å²) in [5.74, 6) is -0.0334. The normalized spacial score (nSPS) is 11.8. The number of nitrogens with one attached hydrogen (secondary N) is 1. The van der Waals surface area contributed by atoms with Crippen molar-refractivity contribution in [1.82, 2.24) is 5.32 Å². The first-order chi connectivity index (χ1) is 11.7. The maximum absolute atomic E-state index is 13.2. The van der Waals surface area contributed by atoms with Gasteiger partial charge in [0.15, 0.2) is 0 Å². The van der Waals surface area contributed by atoms with Gasteiger partial charge in [-0.3, -0.25) is 4.79 Å². The van der Waals surface area contributed by atoms with E-state index in [4.69, 9.17) is 4.74 Å². The summed E-state index contributed by atoms with van der Waals surface area (Å²) in [5, 5.41) is 4.96. The van der Waals surface area contributed by atoms with Gasteiger partial charge in [-0.1, -0.05) is 30.3 Å². The van der Waals surface area contributed by atoms with Gasteiger partial charge in [0.05, 0.1) is 18.7 Å². The fraction of sp³-hybridized carbons (Fsp3) is 0.105. The van der Waals surface area contributed by atoms with Gasteiger partial charge in [-0.25, -0.2) is 4.39 Å². The van der Waals surface area contributed by atoms with Crippen LogP contribution in [0.5, 0.6) is 5.75 Å². The van der Waals surface area contributed by atoms with Crippen molar-refractivity contribution in [3.63, 3.8) is 0 Å². The predicted molar refractivity (Wildman–Crippen MR) is 93.0 cm³/mol. The third-order valence-electron chi connectivity index (χ3n) is 3.66. The summed E-state index contributed by atoms with van der Waals surface area (Å²) in [6.07, 6.45) is 0. The SMILES string of the molecule is COc1ccccc1C(=O)N[C@@H](c1ccc(F)cc1)c1cccs1. The Labute approximate surface area is 143 Å². The van der Waals surface area contributed by atoms with E-state index in [0.29, 0.717) is 11.3 Å². The quantitative estimate of drug-likeness (QED) is 0.746. The van der Waals surface area contributed by atoms with E-state index in [9.17, 15) is 9.18 Å². The van der Waals surface area contributed by atoms with Crippen molar-refractivity contribution in [1.29, 1.82) is 0 Å². The predicted octanol–water partition coefficient (Wildman–Crippen LogP) is 4.42. The molecular weight excluding hydrogens is 325 g/mol. The van der Waals surface area contributed by atoms with Crippen LogP contribution in [0.1, 0.15) is 26.8 Å². The van der Waals surface area contributed by atoms with E-state index in [1.165, 1.54) is 30.6 Å². The van der Waals surface area contributed by atoms with Crippen molar-refractivity contribution in [3.05, 3.63) is 87.9 Å². The minimum absolute atomic E-state index is 0.241. The molecule has 0 aliphatic carbocycles. The molecule has 0 unspecified atom stereocenters. The summed E-state index contributed by atoms with van der Waals surface area (Å²) < 4.78 is 18.5. The molecule has 122 valence electrons. The van der Waals surface area contributed by atoms with E-state index in [1.807, 2.05) is 23.6 Å². The lowest BCUT2D eigenvalue weighted by molar-refractivity contribution is 0.0940. The van der Waals surface area contributed by atoms with E-state index in [0.717, 1.165) is 10.4 Å². The van der Waals surface area contributed by atoms with Crippen molar-refractivity contribution in [2.45, 2.75) is 6.04 Å². The van der Waals surface area contributed by atoms with Gasteiger partial charge >= 0.3 is 0 Å². The molecule has 0 bridgehead atoms. The second-order valence-corrected chi connectivity index (χ2v) is 6.15. The first-order valence-electron chi connectivity index (χ1n) is 7.42. The molecule has 3 aromatic rings. The lowest BCUT2D eigenvalue weighted by atomic mass is 10.0. The first-order valence-corrected chi connectivity index (χ1v) is 8.30. The number of carbonyl (C=O) groups excluding carboxylic acids is 1. The number of carbonyl (C=O) groups is 1. The highest BCUT2D eigenvalue weighted by Gasteiger charge is 2.20. The third kappa shape index (κ3) is 3.46. The minimum Gasteiger partial charge on any atom is -0.496 e. The molecule has 24 heavy (non-hydrogen) atoms. The van der Waals surface area contributed by atoms with Crippen LogP contribution in [-0.4, -0.2) is 13.0 Å². The average Bonchev–Trinajstić information content (AvgIpc) is 3.14. The highest BCUT2D eigenvalue weighted by atomic mass is 32.1. The number of hydrogen-bond acceptors (Lipinski definition) is 3. The molecule has 0 saturated heterocycles. The highest BCUT2D eigenvalue weighted by molar-refractivity contribution is 7.10. The highest BCUT2D eigenvalue weighted by Crippen LogP contribution is 2.27. The summed E-state index contributed by atoms with van der Waals surface area (Å²) in [6.45, 7) is 0. The Hall–Kier alpha value is -2.66. The molecule has 1 amide bonds. The molecule has 0 aliphatic heterocycles. The van der Waals surface area contributed by atoms with Crippen LogP contribution < -0.4 is 10.1 Å². The standard InChI is InChI=1S/C19H16FNO2S/c1-23-16-6-3-2-5-15(16)19(22)21-18(17-7-4-12-24-17)13-8-10-14(20)11-9-13/h2-12,18H,1H3,(H,21,22)/t18-/m0/s1. The minimum atomic E-state index is -0.344. The molecule has 3 nitrogen and oxygen atoms in total. The number of ether oxygens (including phenoxy) is 1. The summed E-state index contributed by atoms with van der Waals surface area (Å²) in [5.41, 5.74) is 1.28. The van der Waals surface area contributed by atoms with Crippen LogP contribution in [0.3, 0.4) is 0 Å². The molecule has 0 spiro atoms. The lowest BCUT2D eigenvalue weighted by Crippen LogP contribution is -2.29. The van der Waals surface area contributed by atoms with Gasteiger partial charge in [-0.05, 0) is 41.3 Å². The largest absolute Gasteiger partial charge is 0.496 e. The zero-order chi connectivity index (χ0) is 16.9. The van der Waals surface area contributed by atoms with Crippen LogP contribution in [0.15, 0.2) is 66.0 Å². The first kappa shape index (κ1) is 16.2. The molecule has 2 aromatic carbocycles. The second kappa shape index (κ2) is 7.27. The Bertz CT molecular complexity index is 816. The van der Waals surface area contributed by atoms with Crippen LogP contribution in [0.4, 0.5) is 4.39 Å². The van der Waals surface area contributed by atoms with Crippen molar-refractivity contribution in [2.75, 3.05) is 7.11 Å². The number of hydrogen-bond donors (Lipinski definition) is 1. The number of para-hydroxylation sites is 1. The molecular formula is C19H16FNO2S. The smallest absolute Gasteiger partial charge is 0.255 e. The van der Waals surface area contributed by atoms with Crippen LogP contribution in [0.25, 0.3) is 0 Å². The van der Waals surface area contributed by atoms with Gasteiger partial charge < -0.3 is 10.1 Å². The molecule has 0 fully saturated rings. The summed E-state index contributed by atoms with van der Waals surface area (Å²) in [7, 11) is 1.53. The molecule has 1 heterocycles. The zero-order valence-corrected chi connectivity index (χ0v) is 13.8. The Kier molecular flexibility index (Phi) is 4.91. The van der Waals surface area contributed by atoms with Crippen LogP contribution in [0, 0.1) is 5.82 Å². The maximum Gasteiger partial charge on any atom is 0.255 e. The molecule has 0 radical (unpaired) electrons. The van der Waals surface area contributed by atoms with Crippen molar-refractivity contribution >= 4 is 17.2 Å². The number of amides is 1. The van der Waals surface area contributed by atoms with Gasteiger partial charge in [-0.15, -0.1) is 11.3 Å². The number of thiophene rings is 1. The fourth-order valence-corrected chi connectivity index (χ4v) is 3.27. The Morgan fingerprint density at radius 3 is 2.50 bits per heavy atom. The van der Waals surface area contributed by atoms with Crippen molar-refractivity contribution < 1.29 is 13.9 Å². The Morgan fingerprint density at radius 1 is 1.08 bits per heavy atom. The van der Waals surface area contributed by atoms with Gasteiger partial charge in [0, 0.05) is 4.88 Å². The number of methoxy groups -OCH3 is 1. The maximum atomic E-state index is 13.2. The molecule has 1 N–H and O–H groups in total. The lowest BCUT2D eigenvalue weighted by Gasteiger charge is -2.19. The molecule has 3 rings (SSSR count). The van der Waals surface area contributed by atoms with E-state index in [1.54, 1.807) is 30.3 Å². The topological polar surface area (TPSA) is 38.3 Å². The van der Waals surface area contributed by atoms with Crippen molar-refractivity contribution in [2.24, 2.45) is 0 Å². The van der Waals surface area contributed by atoms with Gasteiger partial charge in [0.25, 0.3) is 5.91 Å². The zero-order valence-electron chi connectivity index (χ0n) is 13.0. The van der Waals surface area contributed by atoms with E-state index < -0.39 is 0 Å². The number of rotatable bonds is 5. The van der Waals surface area contributed by atoms with Crippen molar-refractivity contribution in [3.8, 4) is 5.75 Å². The van der Waals surface area contributed by atoms with Gasteiger partial charge in [-0.2, -0.15) is 0 Å².